The lowest BCUT2D eigenvalue weighted by Crippen LogP contribution is -2.52. The lowest BCUT2D eigenvalue weighted by molar-refractivity contribution is -0.137. The second kappa shape index (κ2) is 18.7. The molecule has 0 saturated carbocycles. The van der Waals surface area contributed by atoms with E-state index < -0.39 is 36.2 Å². The number of carbonyl (C=O) groups is 7. The van der Waals surface area contributed by atoms with Crippen LogP contribution in [0.5, 0.6) is 0 Å². The van der Waals surface area contributed by atoms with Crippen LogP contribution in [-0.4, -0.2) is 78.5 Å². The average molecular weight is 653 g/mol. The Balaban J connectivity index is 1.37. The Hall–Kier alpha value is -5.04. The molecule has 0 fully saturated rings. The standard InChI is InChI=1S/C32H37ClN6O7/c33-18-23-10-12-24(13-11-23)37-28(42)21-36-32(46)25(17-22-7-3-1-4-8-22)38-29(43)20-35-27(41)19-34-26(40)9-5-2-6-16-39-30(44)14-15-31(39)45/h1,3-4,7-8,10-15,25H,2,5-6,9,16-21H2,(H,34,40)(H,35,41)(H,36,46)(H,37,42)(H,38,43)/t25-/m0/s1. The first-order valence-electron chi connectivity index (χ1n) is 14.8. The Morgan fingerprint density at radius 2 is 1.30 bits per heavy atom. The summed E-state index contributed by atoms with van der Waals surface area (Å²) in [4.78, 5) is 86.4. The quantitative estimate of drug-likeness (QED) is 0.0901. The topological polar surface area (TPSA) is 183 Å². The average Bonchev–Trinajstić information content (AvgIpc) is 3.38. The van der Waals surface area contributed by atoms with Crippen molar-refractivity contribution < 1.29 is 33.6 Å². The number of hydrogen-bond acceptors (Lipinski definition) is 7. The van der Waals surface area contributed by atoms with Crippen LogP contribution in [0.3, 0.4) is 0 Å². The predicted molar refractivity (Wildman–Crippen MR) is 170 cm³/mol. The zero-order valence-corrected chi connectivity index (χ0v) is 25.9. The van der Waals surface area contributed by atoms with E-state index >= 15 is 0 Å². The smallest absolute Gasteiger partial charge is 0.253 e. The van der Waals surface area contributed by atoms with Crippen LogP contribution in [0.4, 0.5) is 5.69 Å². The minimum atomic E-state index is -1.03. The highest BCUT2D eigenvalue weighted by atomic mass is 35.5. The van der Waals surface area contributed by atoms with Gasteiger partial charge >= 0.3 is 0 Å². The highest BCUT2D eigenvalue weighted by Crippen LogP contribution is 2.11. The van der Waals surface area contributed by atoms with E-state index in [1.807, 2.05) is 6.07 Å². The van der Waals surface area contributed by atoms with Crippen molar-refractivity contribution in [1.82, 2.24) is 26.2 Å². The number of nitrogens with zero attached hydrogens (tertiary/aromatic N) is 1. The van der Waals surface area contributed by atoms with Crippen LogP contribution in [0.25, 0.3) is 0 Å². The summed E-state index contributed by atoms with van der Waals surface area (Å²) in [5.74, 6) is -2.98. The summed E-state index contributed by atoms with van der Waals surface area (Å²) in [5, 5.41) is 12.7. The summed E-state index contributed by atoms with van der Waals surface area (Å²) in [6, 6.07) is 14.9. The molecule has 1 aliphatic heterocycles. The Labute approximate surface area is 271 Å². The second-order valence-electron chi connectivity index (χ2n) is 10.4. The van der Waals surface area contributed by atoms with Gasteiger partial charge in [0.2, 0.25) is 29.5 Å². The Morgan fingerprint density at radius 3 is 1.98 bits per heavy atom. The van der Waals surface area contributed by atoms with E-state index in [0.717, 1.165) is 16.0 Å². The number of carbonyl (C=O) groups excluding carboxylic acids is 7. The van der Waals surface area contributed by atoms with Gasteiger partial charge in [0.05, 0.1) is 19.6 Å². The number of rotatable bonds is 18. The molecule has 3 rings (SSSR count). The summed E-state index contributed by atoms with van der Waals surface area (Å²) < 4.78 is 0. The summed E-state index contributed by atoms with van der Waals surface area (Å²) in [7, 11) is 0. The Kier molecular flexibility index (Phi) is 14.4. The molecule has 244 valence electrons. The number of alkyl halides is 1. The fourth-order valence-electron chi connectivity index (χ4n) is 4.37. The SMILES string of the molecule is O=C(CCCCCN1C(=O)C=CC1=O)NCC(=O)NCC(=O)N[C@@H](Cc1ccccc1)C(=O)NCC(=O)Nc1ccc(CCl)cc1. The van der Waals surface area contributed by atoms with Crippen molar-refractivity contribution in [1.29, 1.82) is 0 Å². The van der Waals surface area contributed by atoms with E-state index in [2.05, 4.69) is 26.6 Å². The van der Waals surface area contributed by atoms with Crippen LogP contribution in [0.2, 0.25) is 0 Å². The molecule has 0 radical (unpaired) electrons. The van der Waals surface area contributed by atoms with Gasteiger partial charge in [0.1, 0.15) is 6.04 Å². The minimum absolute atomic E-state index is 0.144. The molecule has 0 aliphatic carbocycles. The van der Waals surface area contributed by atoms with Crippen molar-refractivity contribution in [2.24, 2.45) is 0 Å². The van der Waals surface area contributed by atoms with Crippen LogP contribution in [0, 0.1) is 0 Å². The Morgan fingerprint density at radius 1 is 0.674 bits per heavy atom. The fraction of sp³-hybridized carbons (Fsp3) is 0.344. The number of benzene rings is 2. The maximum Gasteiger partial charge on any atom is 0.253 e. The predicted octanol–water partition coefficient (Wildman–Crippen LogP) is 0.925. The number of anilines is 1. The van der Waals surface area contributed by atoms with Gasteiger partial charge < -0.3 is 26.6 Å². The fourth-order valence-corrected chi connectivity index (χ4v) is 4.55. The molecule has 0 saturated heterocycles. The summed E-state index contributed by atoms with van der Waals surface area (Å²) in [6.07, 6.45) is 4.42. The molecule has 14 heteroatoms. The van der Waals surface area contributed by atoms with Gasteiger partial charge in [0, 0.05) is 43.1 Å². The van der Waals surface area contributed by atoms with E-state index in [1.165, 1.54) is 12.2 Å². The number of hydrogen-bond donors (Lipinski definition) is 5. The van der Waals surface area contributed by atoms with E-state index in [9.17, 15) is 33.6 Å². The highest BCUT2D eigenvalue weighted by Gasteiger charge is 2.23. The molecule has 2 aromatic carbocycles. The maximum absolute atomic E-state index is 13.0. The van der Waals surface area contributed by atoms with E-state index in [4.69, 9.17) is 11.6 Å². The van der Waals surface area contributed by atoms with Gasteiger partial charge in [-0.25, -0.2) is 0 Å². The number of unbranched alkanes of at least 4 members (excludes halogenated alkanes) is 2. The van der Waals surface area contributed by atoms with E-state index in [0.29, 0.717) is 30.8 Å². The van der Waals surface area contributed by atoms with E-state index in [-0.39, 0.29) is 50.2 Å². The number of nitrogens with one attached hydrogen (secondary N) is 5. The lowest BCUT2D eigenvalue weighted by Gasteiger charge is -2.19. The van der Waals surface area contributed by atoms with Crippen molar-refractivity contribution >= 4 is 58.6 Å². The first kappa shape index (κ1) is 35.4. The molecule has 46 heavy (non-hydrogen) atoms. The molecule has 0 aromatic heterocycles. The summed E-state index contributed by atoms with van der Waals surface area (Å²) >= 11 is 5.78. The first-order valence-corrected chi connectivity index (χ1v) is 15.3. The van der Waals surface area contributed by atoms with Crippen LogP contribution in [0.15, 0.2) is 66.7 Å². The first-order chi connectivity index (χ1) is 22.1. The number of imide groups is 1. The third-order valence-electron chi connectivity index (χ3n) is 6.83. The Bertz CT molecular complexity index is 1410. The highest BCUT2D eigenvalue weighted by molar-refractivity contribution is 6.17. The van der Waals surface area contributed by atoms with Gasteiger partial charge in [-0.1, -0.05) is 48.9 Å². The van der Waals surface area contributed by atoms with Gasteiger partial charge in [0.15, 0.2) is 0 Å². The molecule has 1 heterocycles. The van der Waals surface area contributed by atoms with Crippen molar-refractivity contribution in [2.75, 3.05) is 31.5 Å². The molecule has 2 aromatic rings. The van der Waals surface area contributed by atoms with Gasteiger partial charge in [-0.3, -0.25) is 38.5 Å². The van der Waals surface area contributed by atoms with Crippen LogP contribution < -0.4 is 26.6 Å². The zero-order chi connectivity index (χ0) is 33.3. The molecule has 0 unspecified atom stereocenters. The van der Waals surface area contributed by atoms with Gasteiger partial charge in [0.25, 0.3) is 11.8 Å². The molecule has 1 aliphatic rings. The van der Waals surface area contributed by atoms with Crippen LogP contribution in [-0.2, 0) is 45.9 Å². The third-order valence-corrected chi connectivity index (χ3v) is 7.14. The van der Waals surface area contributed by atoms with Gasteiger partial charge in [-0.15, -0.1) is 11.6 Å². The maximum atomic E-state index is 13.0. The molecule has 0 bridgehead atoms. The van der Waals surface area contributed by atoms with Crippen molar-refractivity contribution in [3.8, 4) is 0 Å². The van der Waals surface area contributed by atoms with Gasteiger partial charge in [-0.05, 0) is 36.1 Å². The minimum Gasteiger partial charge on any atom is -0.347 e. The van der Waals surface area contributed by atoms with Crippen molar-refractivity contribution in [2.45, 2.75) is 44.0 Å². The summed E-state index contributed by atoms with van der Waals surface area (Å²) in [6.45, 7) is -0.825. The zero-order valence-electron chi connectivity index (χ0n) is 25.2. The van der Waals surface area contributed by atoms with Gasteiger partial charge in [-0.2, -0.15) is 0 Å². The molecular formula is C32H37ClN6O7. The normalized spacial score (nSPS) is 12.8. The molecule has 0 spiro atoms. The van der Waals surface area contributed by atoms with Crippen LogP contribution >= 0.6 is 11.6 Å². The third kappa shape index (κ3) is 12.5. The van der Waals surface area contributed by atoms with Crippen LogP contribution in [0.1, 0.15) is 36.8 Å². The van der Waals surface area contributed by atoms with E-state index in [1.54, 1.807) is 48.5 Å². The van der Waals surface area contributed by atoms with Crippen molar-refractivity contribution in [3.05, 3.63) is 77.9 Å². The molecule has 5 N–H and O–H groups in total. The molecule has 13 nitrogen and oxygen atoms in total. The molecule has 1 atom stereocenters. The molecular weight excluding hydrogens is 616 g/mol. The summed E-state index contributed by atoms with van der Waals surface area (Å²) in [5.41, 5.74) is 2.20. The largest absolute Gasteiger partial charge is 0.347 e. The second-order valence-corrected chi connectivity index (χ2v) is 10.7. The lowest BCUT2D eigenvalue weighted by atomic mass is 10.1. The number of halogens is 1. The molecule has 7 amide bonds. The number of amides is 7. The monoisotopic (exact) mass is 652 g/mol. The van der Waals surface area contributed by atoms with Crippen molar-refractivity contribution in [3.63, 3.8) is 0 Å².